The standard InChI is InChI=1S/C19H12F4O2/c20-14-5-1-12(18(22)9-14)3-7-16(24)11-17(25)8-4-13-2-6-15(21)10-19(13)23/h1-11,24H/b7-3+,8-4+,16-11-. The van der Waals surface area contributed by atoms with E-state index in [4.69, 9.17) is 0 Å². The van der Waals surface area contributed by atoms with E-state index in [9.17, 15) is 27.5 Å². The number of rotatable bonds is 5. The molecule has 0 saturated heterocycles. The summed E-state index contributed by atoms with van der Waals surface area (Å²) in [5, 5.41) is 9.61. The van der Waals surface area contributed by atoms with Crippen LogP contribution < -0.4 is 0 Å². The van der Waals surface area contributed by atoms with Crippen LogP contribution in [0.1, 0.15) is 11.1 Å². The summed E-state index contributed by atoms with van der Waals surface area (Å²) in [4.78, 5) is 11.7. The molecule has 0 aliphatic heterocycles. The van der Waals surface area contributed by atoms with Gasteiger partial charge in [-0.15, -0.1) is 0 Å². The zero-order valence-corrected chi connectivity index (χ0v) is 12.7. The lowest BCUT2D eigenvalue weighted by Gasteiger charge is -1.97. The van der Waals surface area contributed by atoms with Crippen LogP contribution in [0.5, 0.6) is 0 Å². The van der Waals surface area contributed by atoms with E-state index >= 15 is 0 Å². The van der Waals surface area contributed by atoms with Crippen molar-refractivity contribution in [1.29, 1.82) is 0 Å². The van der Waals surface area contributed by atoms with Crippen LogP contribution in [0.15, 0.2) is 60.4 Å². The molecular formula is C19H12F4O2. The highest BCUT2D eigenvalue weighted by Gasteiger charge is 2.02. The average Bonchev–Trinajstić information content (AvgIpc) is 2.53. The molecular weight excluding hydrogens is 336 g/mol. The van der Waals surface area contributed by atoms with E-state index < -0.39 is 34.8 Å². The second kappa shape index (κ2) is 8.10. The largest absolute Gasteiger partial charge is 0.508 e. The highest BCUT2D eigenvalue weighted by molar-refractivity contribution is 6.02. The van der Waals surface area contributed by atoms with Gasteiger partial charge < -0.3 is 5.11 Å². The minimum absolute atomic E-state index is 0.00608. The Hall–Kier alpha value is -3.15. The fraction of sp³-hybridized carbons (Fsp3) is 0. The lowest BCUT2D eigenvalue weighted by Crippen LogP contribution is -1.90. The van der Waals surface area contributed by atoms with Crippen LogP contribution in [0.3, 0.4) is 0 Å². The minimum atomic E-state index is -0.830. The van der Waals surface area contributed by atoms with Gasteiger partial charge in [0, 0.05) is 29.3 Å². The van der Waals surface area contributed by atoms with Crippen LogP contribution in [0.4, 0.5) is 17.6 Å². The Kier molecular flexibility index (Phi) is 5.89. The molecule has 0 spiro atoms. The SMILES string of the molecule is O=C(/C=C(O)/C=C/c1ccc(F)cc1F)/C=C/c1ccc(F)cc1F. The van der Waals surface area contributed by atoms with E-state index in [1.165, 1.54) is 6.07 Å². The highest BCUT2D eigenvalue weighted by Crippen LogP contribution is 2.13. The number of carbonyl (C=O) groups excluding carboxylic acids is 1. The molecule has 0 aliphatic rings. The molecule has 0 aromatic heterocycles. The zero-order chi connectivity index (χ0) is 18.4. The highest BCUT2D eigenvalue weighted by atomic mass is 19.1. The van der Waals surface area contributed by atoms with E-state index in [1.807, 2.05) is 0 Å². The molecule has 0 unspecified atom stereocenters. The third-order valence-corrected chi connectivity index (χ3v) is 3.08. The van der Waals surface area contributed by atoms with E-state index in [2.05, 4.69) is 0 Å². The van der Waals surface area contributed by atoms with Crippen LogP contribution in [0.2, 0.25) is 0 Å². The van der Waals surface area contributed by atoms with Crippen molar-refractivity contribution in [3.63, 3.8) is 0 Å². The van der Waals surface area contributed by atoms with E-state index in [0.29, 0.717) is 12.1 Å². The predicted octanol–water partition coefficient (Wildman–Crippen LogP) is 4.98. The second-order valence-electron chi connectivity index (χ2n) is 4.97. The van der Waals surface area contributed by atoms with Gasteiger partial charge in [0.1, 0.15) is 29.0 Å². The van der Waals surface area contributed by atoms with Gasteiger partial charge in [0.2, 0.25) is 0 Å². The predicted molar refractivity (Wildman–Crippen MR) is 86.5 cm³/mol. The topological polar surface area (TPSA) is 37.3 Å². The summed E-state index contributed by atoms with van der Waals surface area (Å²) in [6.45, 7) is 0. The maximum absolute atomic E-state index is 13.4. The van der Waals surface area contributed by atoms with Gasteiger partial charge in [-0.25, -0.2) is 17.6 Å². The first-order valence-corrected chi connectivity index (χ1v) is 7.06. The third kappa shape index (κ3) is 5.46. The summed E-state index contributed by atoms with van der Waals surface area (Å²) in [6, 6.07) is 5.79. The number of allylic oxidation sites excluding steroid dienone is 3. The van der Waals surface area contributed by atoms with Crippen molar-refractivity contribution in [1.82, 2.24) is 0 Å². The Labute approximate surface area is 141 Å². The van der Waals surface area contributed by atoms with Gasteiger partial charge in [0.15, 0.2) is 5.78 Å². The Balaban J connectivity index is 2.06. The quantitative estimate of drug-likeness (QED) is 0.358. The molecule has 0 amide bonds. The first-order valence-electron chi connectivity index (χ1n) is 7.06. The summed E-state index contributed by atoms with van der Waals surface area (Å²) in [7, 11) is 0. The molecule has 0 bridgehead atoms. The molecule has 0 atom stereocenters. The van der Waals surface area contributed by atoms with Gasteiger partial charge in [0.25, 0.3) is 0 Å². The van der Waals surface area contributed by atoms with Gasteiger partial charge >= 0.3 is 0 Å². The monoisotopic (exact) mass is 348 g/mol. The molecule has 6 heteroatoms. The van der Waals surface area contributed by atoms with E-state index in [1.54, 1.807) is 0 Å². The molecule has 128 valence electrons. The van der Waals surface area contributed by atoms with Crippen molar-refractivity contribution >= 4 is 17.9 Å². The number of ketones is 1. The van der Waals surface area contributed by atoms with Gasteiger partial charge in [-0.1, -0.05) is 0 Å². The molecule has 1 N–H and O–H groups in total. The van der Waals surface area contributed by atoms with Crippen molar-refractivity contribution < 1.29 is 27.5 Å². The van der Waals surface area contributed by atoms with Crippen molar-refractivity contribution in [2.75, 3.05) is 0 Å². The summed E-state index contributed by atoms with van der Waals surface area (Å²) in [5.74, 6) is -4.26. The number of benzene rings is 2. The van der Waals surface area contributed by atoms with Crippen molar-refractivity contribution in [3.8, 4) is 0 Å². The molecule has 2 aromatic carbocycles. The lowest BCUT2D eigenvalue weighted by atomic mass is 10.1. The molecule has 2 aromatic rings. The van der Waals surface area contributed by atoms with Gasteiger partial charge in [-0.2, -0.15) is 0 Å². The van der Waals surface area contributed by atoms with Crippen molar-refractivity contribution in [2.24, 2.45) is 0 Å². The van der Waals surface area contributed by atoms with Crippen molar-refractivity contribution in [2.45, 2.75) is 0 Å². The molecule has 0 fully saturated rings. The average molecular weight is 348 g/mol. The van der Waals surface area contributed by atoms with E-state index in [-0.39, 0.29) is 11.1 Å². The number of aliphatic hydroxyl groups is 1. The molecule has 0 aliphatic carbocycles. The third-order valence-electron chi connectivity index (χ3n) is 3.08. The van der Waals surface area contributed by atoms with Gasteiger partial charge in [-0.3, -0.25) is 4.79 Å². The van der Waals surface area contributed by atoms with E-state index in [0.717, 1.165) is 48.6 Å². The van der Waals surface area contributed by atoms with Gasteiger partial charge in [-0.05, 0) is 48.6 Å². The normalized spacial score (nSPS) is 12.2. The fourth-order valence-corrected chi connectivity index (χ4v) is 1.86. The number of hydrogen-bond donors (Lipinski definition) is 1. The van der Waals surface area contributed by atoms with Crippen LogP contribution >= 0.6 is 0 Å². The Morgan fingerprint density at radius 1 is 0.800 bits per heavy atom. The summed E-state index contributed by atoms with van der Waals surface area (Å²) >= 11 is 0. The Morgan fingerprint density at radius 2 is 1.28 bits per heavy atom. The number of halogens is 4. The molecule has 2 rings (SSSR count). The van der Waals surface area contributed by atoms with Crippen LogP contribution in [-0.2, 0) is 4.79 Å². The first-order chi connectivity index (χ1) is 11.8. The van der Waals surface area contributed by atoms with Gasteiger partial charge in [0.05, 0.1) is 0 Å². The van der Waals surface area contributed by atoms with Crippen LogP contribution in [0, 0.1) is 23.3 Å². The first kappa shape index (κ1) is 18.2. The number of carbonyl (C=O) groups is 1. The summed E-state index contributed by atoms with van der Waals surface area (Å²) in [5.41, 5.74) is 0.0317. The lowest BCUT2D eigenvalue weighted by molar-refractivity contribution is -0.110. The number of aliphatic hydroxyl groups excluding tert-OH is 1. The Morgan fingerprint density at radius 3 is 1.76 bits per heavy atom. The van der Waals surface area contributed by atoms with Crippen LogP contribution in [0.25, 0.3) is 12.2 Å². The second-order valence-corrected chi connectivity index (χ2v) is 4.97. The van der Waals surface area contributed by atoms with Crippen LogP contribution in [-0.4, -0.2) is 10.9 Å². The van der Waals surface area contributed by atoms with Crippen molar-refractivity contribution in [3.05, 3.63) is 94.8 Å². The maximum atomic E-state index is 13.4. The smallest absolute Gasteiger partial charge is 0.182 e. The number of hydrogen-bond acceptors (Lipinski definition) is 2. The minimum Gasteiger partial charge on any atom is -0.508 e. The molecule has 2 nitrogen and oxygen atoms in total. The Bertz CT molecular complexity index is 883. The zero-order valence-electron chi connectivity index (χ0n) is 12.7. The maximum Gasteiger partial charge on any atom is 0.182 e. The summed E-state index contributed by atoms with van der Waals surface area (Å²) < 4.78 is 52.3. The summed E-state index contributed by atoms with van der Waals surface area (Å²) in [6.07, 6.45) is 5.16. The molecule has 0 saturated carbocycles. The molecule has 0 heterocycles. The molecule has 0 radical (unpaired) electrons. The fourth-order valence-electron chi connectivity index (χ4n) is 1.86. The molecule has 25 heavy (non-hydrogen) atoms.